The molecule has 5 nitrogen and oxygen atoms in total. The van der Waals surface area contributed by atoms with Crippen LogP contribution in [0.25, 0.3) is 0 Å². The molecule has 3 rings (SSSR count). The van der Waals surface area contributed by atoms with Crippen molar-refractivity contribution >= 4 is 17.2 Å². The van der Waals surface area contributed by atoms with Crippen LogP contribution in [-0.2, 0) is 6.42 Å². The summed E-state index contributed by atoms with van der Waals surface area (Å²) in [5.41, 5.74) is 0.660. The molecule has 0 unspecified atom stereocenters. The number of rotatable bonds is 4. The number of hydrogen-bond donors (Lipinski definition) is 1. The number of carbonyl (C=O) groups is 1. The van der Waals surface area contributed by atoms with E-state index in [4.69, 9.17) is 4.42 Å². The van der Waals surface area contributed by atoms with Crippen LogP contribution in [0.3, 0.4) is 0 Å². The lowest BCUT2D eigenvalue weighted by Gasteiger charge is -2.33. The van der Waals surface area contributed by atoms with Gasteiger partial charge >= 0.3 is 0 Å². The molecule has 6 heteroatoms. The largest absolute Gasteiger partial charge is 0.435 e. The molecule has 0 radical (unpaired) electrons. The Balaban J connectivity index is 1.62. The van der Waals surface area contributed by atoms with Crippen molar-refractivity contribution in [3.63, 3.8) is 0 Å². The molecule has 1 aliphatic rings. The SMILES string of the molecule is CCc1nc(C)c(C(=O)N2CCC([C@H](O)c3cccs3)CC2)o1. The summed E-state index contributed by atoms with van der Waals surface area (Å²) in [7, 11) is 0. The smallest absolute Gasteiger partial charge is 0.291 e. The standard InChI is InChI=1S/C17H22N2O3S/c1-3-14-18-11(2)16(22-14)17(21)19-8-6-12(7-9-19)15(20)13-5-4-10-23-13/h4-5,10,12,15,20H,3,6-9H2,1-2H3/t15-/m0/s1. The third-order valence-corrected chi connectivity index (χ3v) is 5.39. The van der Waals surface area contributed by atoms with Crippen molar-refractivity contribution in [3.05, 3.63) is 39.7 Å². The minimum Gasteiger partial charge on any atom is -0.435 e. The highest BCUT2D eigenvalue weighted by Gasteiger charge is 2.31. The van der Waals surface area contributed by atoms with Gasteiger partial charge in [-0.2, -0.15) is 0 Å². The number of oxazole rings is 1. The average Bonchev–Trinajstić information content (AvgIpc) is 3.23. The minimum absolute atomic E-state index is 0.0845. The molecule has 124 valence electrons. The van der Waals surface area contributed by atoms with Crippen LogP contribution in [0.1, 0.15) is 52.9 Å². The zero-order chi connectivity index (χ0) is 16.4. The van der Waals surface area contributed by atoms with Crippen molar-refractivity contribution in [1.29, 1.82) is 0 Å². The summed E-state index contributed by atoms with van der Waals surface area (Å²) < 4.78 is 5.56. The lowest BCUT2D eigenvalue weighted by atomic mass is 9.90. The number of carbonyl (C=O) groups excluding carboxylic acids is 1. The lowest BCUT2D eigenvalue weighted by Crippen LogP contribution is -2.39. The Morgan fingerprint density at radius 2 is 2.26 bits per heavy atom. The van der Waals surface area contributed by atoms with Gasteiger partial charge in [0.05, 0.1) is 11.8 Å². The Kier molecular flexibility index (Phi) is 4.82. The van der Waals surface area contributed by atoms with Gasteiger partial charge in [-0.15, -0.1) is 11.3 Å². The number of piperidine rings is 1. The van der Waals surface area contributed by atoms with Crippen LogP contribution in [0, 0.1) is 12.8 Å². The van der Waals surface area contributed by atoms with E-state index in [1.807, 2.05) is 36.3 Å². The van der Waals surface area contributed by atoms with Crippen molar-refractivity contribution in [2.45, 2.75) is 39.2 Å². The zero-order valence-electron chi connectivity index (χ0n) is 13.5. The Hall–Kier alpha value is -1.66. The van der Waals surface area contributed by atoms with Gasteiger partial charge in [0.1, 0.15) is 0 Å². The summed E-state index contributed by atoms with van der Waals surface area (Å²) in [5.74, 6) is 1.09. The number of aliphatic hydroxyl groups is 1. The first-order chi connectivity index (χ1) is 11.1. The number of aliphatic hydroxyl groups excluding tert-OH is 1. The molecule has 2 aromatic heterocycles. The molecule has 1 amide bonds. The Morgan fingerprint density at radius 1 is 1.52 bits per heavy atom. The second-order valence-electron chi connectivity index (χ2n) is 5.97. The van der Waals surface area contributed by atoms with Crippen molar-refractivity contribution in [2.75, 3.05) is 13.1 Å². The maximum absolute atomic E-state index is 12.6. The van der Waals surface area contributed by atoms with Gasteiger partial charge in [0.15, 0.2) is 5.89 Å². The summed E-state index contributed by atoms with van der Waals surface area (Å²) in [4.78, 5) is 19.7. The maximum Gasteiger partial charge on any atom is 0.291 e. The normalized spacial score (nSPS) is 17.4. The van der Waals surface area contributed by atoms with Crippen molar-refractivity contribution < 1.29 is 14.3 Å². The van der Waals surface area contributed by atoms with E-state index in [9.17, 15) is 9.90 Å². The fraction of sp³-hybridized carbons (Fsp3) is 0.529. The fourth-order valence-corrected chi connectivity index (χ4v) is 3.86. The first-order valence-electron chi connectivity index (χ1n) is 8.07. The Bertz CT molecular complexity index is 657. The highest BCUT2D eigenvalue weighted by molar-refractivity contribution is 7.10. The number of amides is 1. The molecule has 1 aliphatic heterocycles. The van der Waals surface area contributed by atoms with E-state index in [1.54, 1.807) is 11.3 Å². The van der Waals surface area contributed by atoms with Crippen LogP contribution in [0.2, 0.25) is 0 Å². The van der Waals surface area contributed by atoms with Gasteiger partial charge in [-0.05, 0) is 37.1 Å². The average molecular weight is 334 g/mol. The van der Waals surface area contributed by atoms with E-state index in [0.29, 0.717) is 36.9 Å². The summed E-state index contributed by atoms with van der Waals surface area (Å²) in [6.07, 6.45) is 1.87. The third-order valence-electron chi connectivity index (χ3n) is 4.45. The van der Waals surface area contributed by atoms with Gasteiger partial charge in [0, 0.05) is 24.4 Å². The summed E-state index contributed by atoms with van der Waals surface area (Å²) in [5, 5.41) is 12.4. The zero-order valence-corrected chi connectivity index (χ0v) is 14.3. The molecule has 1 saturated heterocycles. The van der Waals surface area contributed by atoms with E-state index >= 15 is 0 Å². The first kappa shape index (κ1) is 16.2. The molecule has 23 heavy (non-hydrogen) atoms. The monoisotopic (exact) mass is 334 g/mol. The number of likely N-dealkylation sites (tertiary alicyclic amines) is 1. The minimum atomic E-state index is -0.425. The number of nitrogens with zero attached hydrogens (tertiary/aromatic N) is 2. The molecule has 0 aromatic carbocycles. The molecular formula is C17H22N2O3S. The quantitative estimate of drug-likeness (QED) is 0.932. The molecule has 2 aromatic rings. The van der Waals surface area contributed by atoms with Crippen molar-refractivity contribution in [3.8, 4) is 0 Å². The topological polar surface area (TPSA) is 66.6 Å². The maximum atomic E-state index is 12.6. The number of hydrogen-bond acceptors (Lipinski definition) is 5. The van der Waals surface area contributed by atoms with Crippen LogP contribution in [0.5, 0.6) is 0 Å². The van der Waals surface area contributed by atoms with Gasteiger partial charge in [-0.1, -0.05) is 13.0 Å². The Morgan fingerprint density at radius 3 is 2.83 bits per heavy atom. The molecule has 1 fully saturated rings. The van der Waals surface area contributed by atoms with Gasteiger partial charge in [-0.3, -0.25) is 4.79 Å². The van der Waals surface area contributed by atoms with E-state index in [1.165, 1.54) is 0 Å². The predicted octanol–water partition coefficient (Wildman–Crippen LogP) is 3.19. The van der Waals surface area contributed by atoms with Crippen LogP contribution >= 0.6 is 11.3 Å². The number of aryl methyl sites for hydroxylation is 2. The van der Waals surface area contributed by atoms with Crippen molar-refractivity contribution in [1.82, 2.24) is 9.88 Å². The summed E-state index contributed by atoms with van der Waals surface area (Å²) >= 11 is 1.58. The molecule has 3 heterocycles. The van der Waals surface area contributed by atoms with Gasteiger partial charge in [-0.25, -0.2) is 4.98 Å². The lowest BCUT2D eigenvalue weighted by molar-refractivity contribution is 0.0452. The van der Waals surface area contributed by atoms with E-state index < -0.39 is 6.10 Å². The van der Waals surface area contributed by atoms with Crippen molar-refractivity contribution in [2.24, 2.45) is 5.92 Å². The summed E-state index contributed by atoms with van der Waals surface area (Å²) in [6.45, 7) is 5.06. The van der Waals surface area contributed by atoms with Crippen LogP contribution in [0.15, 0.2) is 21.9 Å². The highest BCUT2D eigenvalue weighted by atomic mass is 32.1. The molecule has 0 bridgehead atoms. The van der Waals surface area contributed by atoms with Gasteiger partial charge < -0.3 is 14.4 Å². The fourth-order valence-electron chi connectivity index (χ4n) is 3.06. The van der Waals surface area contributed by atoms with E-state index in [0.717, 1.165) is 17.7 Å². The van der Waals surface area contributed by atoms with Gasteiger partial charge in [0.25, 0.3) is 5.91 Å². The van der Waals surface area contributed by atoms with Crippen LogP contribution in [0.4, 0.5) is 0 Å². The molecule has 0 spiro atoms. The molecule has 1 N–H and O–H groups in total. The third kappa shape index (κ3) is 3.33. The van der Waals surface area contributed by atoms with Gasteiger partial charge in [0.2, 0.25) is 5.76 Å². The molecular weight excluding hydrogens is 312 g/mol. The predicted molar refractivity (Wildman–Crippen MR) is 88.5 cm³/mol. The molecule has 0 aliphatic carbocycles. The second-order valence-corrected chi connectivity index (χ2v) is 6.94. The summed E-state index contributed by atoms with van der Waals surface area (Å²) in [6, 6.07) is 3.93. The molecule has 0 saturated carbocycles. The van der Waals surface area contributed by atoms with Crippen LogP contribution in [-0.4, -0.2) is 34.0 Å². The highest BCUT2D eigenvalue weighted by Crippen LogP contribution is 2.33. The second kappa shape index (κ2) is 6.84. The number of aromatic nitrogens is 1. The first-order valence-corrected chi connectivity index (χ1v) is 8.95. The Labute approximate surface area is 140 Å². The van der Waals surface area contributed by atoms with E-state index in [-0.39, 0.29) is 11.8 Å². The molecule has 1 atom stereocenters. The van der Waals surface area contributed by atoms with E-state index in [2.05, 4.69) is 4.98 Å². The van der Waals surface area contributed by atoms with Crippen LogP contribution < -0.4 is 0 Å². The number of thiophene rings is 1.